The third-order valence-electron chi connectivity index (χ3n) is 5.13. The van der Waals surface area contributed by atoms with E-state index in [1.165, 1.54) is 35.5 Å². The van der Waals surface area contributed by atoms with Gasteiger partial charge in [-0.05, 0) is 37.0 Å². The first-order chi connectivity index (χ1) is 15.8. The number of carbonyl (C=O) groups excluding carboxylic acids is 2. The Bertz CT molecular complexity index is 1140. The van der Waals surface area contributed by atoms with Crippen LogP contribution in [0.2, 0.25) is 0 Å². The smallest absolute Gasteiger partial charge is 0.431 e. The molecule has 0 N–H and O–H groups in total. The Labute approximate surface area is 186 Å². The average Bonchev–Trinajstić information content (AvgIpc) is 2.73. The quantitative estimate of drug-likeness (QED) is 0.586. The molecule has 0 saturated heterocycles. The summed E-state index contributed by atoms with van der Waals surface area (Å²) in [6.07, 6.45) is 1.79. The molecule has 1 aliphatic heterocycles. The lowest BCUT2D eigenvalue weighted by molar-refractivity contribution is -0.109. The predicted octanol–water partition coefficient (Wildman–Crippen LogP) is 4.60. The zero-order valence-electron chi connectivity index (χ0n) is 17.5. The van der Waals surface area contributed by atoms with Gasteiger partial charge in [-0.25, -0.2) is 9.69 Å². The van der Waals surface area contributed by atoms with Crippen LogP contribution in [0, 0.1) is 0 Å². The van der Waals surface area contributed by atoms with Crippen molar-refractivity contribution in [3.63, 3.8) is 0 Å². The molecule has 3 heterocycles. The molecular weight excluding hydrogens is 441 g/mol. The summed E-state index contributed by atoms with van der Waals surface area (Å²) in [7, 11) is 1.08. The van der Waals surface area contributed by atoms with Gasteiger partial charge in [-0.3, -0.25) is 14.7 Å². The van der Waals surface area contributed by atoms with Gasteiger partial charge in [0.25, 0.3) is 0 Å². The Morgan fingerprint density at radius 2 is 1.94 bits per heavy atom. The van der Waals surface area contributed by atoms with Crippen LogP contribution in [-0.2, 0) is 4.79 Å². The van der Waals surface area contributed by atoms with Crippen LogP contribution in [0.3, 0.4) is 0 Å². The number of halogens is 3. The van der Waals surface area contributed by atoms with Crippen LogP contribution in [0.25, 0.3) is 0 Å². The highest BCUT2D eigenvalue weighted by Gasteiger charge is 2.44. The number of ether oxygens (including phenoxy) is 2. The van der Waals surface area contributed by atoms with Crippen LogP contribution >= 0.6 is 0 Å². The molecule has 8 nitrogen and oxygen atoms in total. The lowest BCUT2D eigenvalue weighted by Gasteiger charge is -2.37. The van der Waals surface area contributed by atoms with E-state index in [4.69, 9.17) is 9.47 Å². The van der Waals surface area contributed by atoms with Crippen molar-refractivity contribution < 1.29 is 32.2 Å². The number of hydrogen-bond acceptors (Lipinski definition) is 6. The second-order valence-corrected chi connectivity index (χ2v) is 7.32. The van der Waals surface area contributed by atoms with Crippen LogP contribution in [0.4, 0.5) is 23.8 Å². The first kappa shape index (κ1) is 22.3. The van der Waals surface area contributed by atoms with Gasteiger partial charge in [-0.2, -0.15) is 18.2 Å². The van der Waals surface area contributed by atoms with E-state index in [1.54, 1.807) is 6.07 Å². The molecule has 0 unspecified atom stereocenters. The van der Waals surface area contributed by atoms with Gasteiger partial charge in [0.15, 0.2) is 12.0 Å². The number of pyridine rings is 2. The van der Waals surface area contributed by atoms with Gasteiger partial charge in [0, 0.05) is 19.2 Å². The fraction of sp³-hybridized carbons (Fsp3) is 0.273. The van der Waals surface area contributed by atoms with E-state index < -0.39 is 17.9 Å². The molecule has 0 bridgehead atoms. The highest BCUT2D eigenvalue weighted by atomic mass is 19.4. The van der Waals surface area contributed by atoms with Crippen LogP contribution in [0.15, 0.2) is 59.7 Å². The summed E-state index contributed by atoms with van der Waals surface area (Å²) >= 11 is 0. The minimum Gasteiger partial charge on any atom is -0.484 e. The highest BCUT2D eigenvalue weighted by Crippen LogP contribution is 2.40. The van der Waals surface area contributed by atoms with Crippen LogP contribution in [0.1, 0.15) is 19.3 Å². The van der Waals surface area contributed by atoms with E-state index >= 15 is 0 Å². The Morgan fingerprint density at radius 1 is 1.18 bits per heavy atom. The summed E-state index contributed by atoms with van der Waals surface area (Å²) in [5.41, 5.74) is -0.0773. The fourth-order valence-electron chi connectivity index (χ4n) is 3.38. The number of alkyl halides is 3. The van der Waals surface area contributed by atoms with Crippen LogP contribution in [0.5, 0.6) is 17.4 Å². The molecule has 33 heavy (non-hydrogen) atoms. The number of amides is 2. The Hall–Kier alpha value is -3.89. The summed E-state index contributed by atoms with van der Waals surface area (Å²) in [5, 5.41) is 0. The molecular formula is C22H19F3N4O4. The molecule has 0 radical (unpaired) electrons. The summed E-state index contributed by atoms with van der Waals surface area (Å²) in [4.78, 5) is 33.5. The molecule has 1 aliphatic carbocycles. The average molecular weight is 460 g/mol. The van der Waals surface area contributed by atoms with Crippen molar-refractivity contribution >= 4 is 18.1 Å². The number of anilines is 1. The van der Waals surface area contributed by atoms with E-state index in [2.05, 4.69) is 9.97 Å². The first-order valence-electron chi connectivity index (χ1n) is 10.0. The SMILES string of the molecule is CN1C(=O)N(c2cccc(Oc3cncc(OCC=O)c3)n2)C(=C2CCC2)C=C1C(F)(F)F. The van der Waals surface area contributed by atoms with Crippen molar-refractivity contribution in [3.8, 4) is 17.4 Å². The molecule has 0 spiro atoms. The number of aromatic nitrogens is 2. The van der Waals surface area contributed by atoms with E-state index in [0.29, 0.717) is 29.8 Å². The summed E-state index contributed by atoms with van der Waals surface area (Å²) in [6, 6.07) is 5.27. The van der Waals surface area contributed by atoms with Gasteiger partial charge in [0.2, 0.25) is 5.88 Å². The maximum Gasteiger partial charge on any atom is 0.431 e. The van der Waals surface area contributed by atoms with Gasteiger partial charge in [0.05, 0.1) is 18.1 Å². The van der Waals surface area contributed by atoms with Gasteiger partial charge in [-0.1, -0.05) is 6.07 Å². The van der Waals surface area contributed by atoms with Crippen molar-refractivity contribution in [1.29, 1.82) is 0 Å². The Morgan fingerprint density at radius 3 is 2.61 bits per heavy atom. The normalized spacial score (nSPS) is 16.4. The molecule has 4 rings (SSSR count). The number of allylic oxidation sites excluding steroid dienone is 3. The molecule has 2 aromatic rings. The van der Waals surface area contributed by atoms with E-state index in [0.717, 1.165) is 25.1 Å². The molecule has 2 aromatic heterocycles. The van der Waals surface area contributed by atoms with Gasteiger partial charge >= 0.3 is 12.2 Å². The largest absolute Gasteiger partial charge is 0.484 e. The number of rotatable bonds is 6. The van der Waals surface area contributed by atoms with Crippen LogP contribution in [-0.4, -0.2) is 47.0 Å². The number of hydrogen-bond donors (Lipinski definition) is 0. The molecule has 1 saturated carbocycles. The van der Waals surface area contributed by atoms with Crippen molar-refractivity contribution in [2.24, 2.45) is 0 Å². The Balaban J connectivity index is 1.67. The summed E-state index contributed by atoms with van der Waals surface area (Å²) in [6.45, 7) is -0.145. The second kappa shape index (κ2) is 8.93. The number of aldehydes is 1. The number of urea groups is 1. The molecule has 172 valence electrons. The molecule has 1 fully saturated rings. The third kappa shape index (κ3) is 4.66. The predicted molar refractivity (Wildman–Crippen MR) is 111 cm³/mol. The second-order valence-electron chi connectivity index (χ2n) is 7.32. The van der Waals surface area contributed by atoms with Gasteiger partial charge < -0.3 is 9.47 Å². The lowest BCUT2D eigenvalue weighted by atomic mass is 9.89. The third-order valence-corrected chi connectivity index (χ3v) is 5.13. The Kier molecular flexibility index (Phi) is 6.03. The monoisotopic (exact) mass is 460 g/mol. The minimum absolute atomic E-state index is 0.0980. The van der Waals surface area contributed by atoms with E-state index in [-0.39, 0.29) is 29.8 Å². The fourth-order valence-corrected chi connectivity index (χ4v) is 3.38. The molecule has 0 atom stereocenters. The van der Waals surface area contributed by atoms with Gasteiger partial charge in [-0.15, -0.1) is 0 Å². The van der Waals surface area contributed by atoms with Crippen molar-refractivity contribution in [2.45, 2.75) is 25.4 Å². The standard InChI is InChI=1S/C22H19F3N4O4/c1-28-18(22(23,24)25)11-17(14-4-2-5-14)29(21(28)31)19-6-3-7-20(27-19)33-16-10-15(12-26-13-16)32-9-8-30/h3,6-8,10-13H,2,4-5,9H2,1H3. The zero-order chi connectivity index (χ0) is 23.6. The molecule has 11 heteroatoms. The van der Waals surface area contributed by atoms with Gasteiger partial charge in [0.1, 0.15) is 23.9 Å². The molecule has 0 aromatic carbocycles. The number of nitrogens with zero attached hydrogens (tertiary/aromatic N) is 4. The van der Waals surface area contributed by atoms with Crippen molar-refractivity contribution in [3.05, 3.63) is 59.7 Å². The van der Waals surface area contributed by atoms with Crippen molar-refractivity contribution in [1.82, 2.24) is 14.9 Å². The van der Waals surface area contributed by atoms with E-state index in [9.17, 15) is 22.8 Å². The van der Waals surface area contributed by atoms with Crippen LogP contribution < -0.4 is 14.4 Å². The lowest BCUT2D eigenvalue weighted by Crippen LogP contribution is -2.47. The van der Waals surface area contributed by atoms with E-state index in [1.807, 2.05) is 0 Å². The first-order valence-corrected chi connectivity index (χ1v) is 10.0. The minimum atomic E-state index is -4.67. The zero-order valence-corrected chi connectivity index (χ0v) is 17.5. The maximum atomic E-state index is 13.5. The summed E-state index contributed by atoms with van der Waals surface area (Å²) in [5.74, 6) is 0.797. The highest BCUT2D eigenvalue weighted by molar-refractivity contribution is 5.98. The maximum absolute atomic E-state index is 13.5. The number of carbonyl (C=O) groups is 2. The molecule has 2 aliphatic rings. The molecule has 2 amide bonds. The summed E-state index contributed by atoms with van der Waals surface area (Å²) < 4.78 is 51.4. The topological polar surface area (TPSA) is 84.9 Å². The van der Waals surface area contributed by atoms with Crippen molar-refractivity contribution in [2.75, 3.05) is 18.6 Å².